The van der Waals surface area contributed by atoms with Gasteiger partial charge in [-0.2, -0.15) is 8.42 Å². The number of carboxylic acids is 1. The molecule has 1 heterocycles. The van der Waals surface area contributed by atoms with Gasteiger partial charge in [0.05, 0.1) is 4.90 Å². The molecule has 0 aliphatic carbocycles. The Labute approximate surface area is 144 Å². The van der Waals surface area contributed by atoms with Crippen LogP contribution in [0, 0.1) is 6.92 Å². The van der Waals surface area contributed by atoms with Crippen LogP contribution in [0.2, 0.25) is 0 Å². The van der Waals surface area contributed by atoms with Gasteiger partial charge in [0.15, 0.2) is 17.6 Å². The number of aromatic carboxylic acids is 1. The number of rotatable bonds is 5. The quantitative estimate of drug-likeness (QED) is 0.812. The molecule has 7 nitrogen and oxygen atoms in total. The minimum atomic E-state index is -3.93. The molecular weight excluding hydrogens is 348 g/mol. The standard InChI is InChI=1S/C17H16O7S/c1-11-5-7-13(8-6-11)25(20,21)23-10-12-9-22-15-4-2-3-14(17(18)19)16(15)24-12/h2-8,12H,9-10H2,1H3,(H,18,19). The Kier molecular flexibility index (Phi) is 4.65. The van der Waals surface area contributed by atoms with Gasteiger partial charge in [-0.25, -0.2) is 4.79 Å². The molecule has 0 spiro atoms. The third-order valence-electron chi connectivity index (χ3n) is 3.64. The number of hydrogen-bond acceptors (Lipinski definition) is 6. The van der Waals surface area contributed by atoms with Crippen molar-refractivity contribution >= 4 is 16.1 Å². The molecular formula is C17H16O7S. The fourth-order valence-electron chi connectivity index (χ4n) is 2.32. The molecule has 2 aromatic rings. The highest BCUT2D eigenvalue weighted by Crippen LogP contribution is 2.35. The average molecular weight is 364 g/mol. The summed E-state index contributed by atoms with van der Waals surface area (Å²) in [6.07, 6.45) is -0.742. The molecule has 8 heteroatoms. The Hall–Kier alpha value is -2.58. The number of aryl methyl sites for hydroxylation is 1. The van der Waals surface area contributed by atoms with Gasteiger partial charge in [-0.05, 0) is 31.2 Å². The van der Waals surface area contributed by atoms with Gasteiger partial charge in [-0.15, -0.1) is 0 Å². The number of carboxylic acid groups (broad SMARTS) is 1. The smallest absolute Gasteiger partial charge is 0.339 e. The summed E-state index contributed by atoms with van der Waals surface area (Å²) in [6, 6.07) is 10.8. The summed E-state index contributed by atoms with van der Waals surface area (Å²) in [5.41, 5.74) is 0.879. The van der Waals surface area contributed by atoms with Gasteiger partial charge in [0.2, 0.25) is 0 Å². The van der Waals surface area contributed by atoms with E-state index in [-0.39, 0.29) is 29.4 Å². The summed E-state index contributed by atoms with van der Waals surface area (Å²) in [4.78, 5) is 11.3. The minimum absolute atomic E-state index is 0.0430. The highest BCUT2D eigenvalue weighted by molar-refractivity contribution is 7.86. The van der Waals surface area contributed by atoms with Crippen molar-refractivity contribution in [2.24, 2.45) is 0 Å². The lowest BCUT2D eigenvalue weighted by atomic mass is 10.1. The second-order valence-electron chi connectivity index (χ2n) is 5.54. The lowest BCUT2D eigenvalue weighted by Crippen LogP contribution is -2.35. The van der Waals surface area contributed by atoms with Gasteiger partial charge < -0.3 is 14.6 Å². The Bertz CT molecular complexity index is 888. The summed E-state index contributed by atoms with van der Waals surface area (Å²) in [7, 11) is -3.93. The first-order valence-corrected chi connectivity index (χ1v) is 8.89. The fourth-order valence-corrected chi connectivity index (χ4v) is 3.26. The van der Waals surface area contributed by atoms with Crippen LogP contribution in [0.5, 0.6) is 11.5 Å². The molecule has 1 atom stereocenters. The van der Waals surface area contributed by atoms with Crippen molar-refractivity contribution in [3.63, 3.8) is 0 Å². The molecule has 0 amide bonds. The maximum atomic E-state index is 12.2. The minimum Gasteiger partial charge on any atom is -0.486 e. The molecule has 0 aromatic heterocycles. The second-order valence-corrected chi connectivity index (χ2v) is 7.16. The largest absolute Gasteiger partial charge is 0.486 e. The van der Waals surface area contributed by atoms with E-state index in [2.05, 4.69) is 0 Å². The fraction of sp³-hybridized carbons (Fsp3) is 0.235. The van der Waals surface area contributed by atoms with Crippen molar-refractivity contribution in [1.29, 1.82) is 0 Å². The summed E-state index contributed by atoms with van der Waals surface area (Å²) in [5.74, 6) is -0.783. The zero-order chi connectivity index (χ0) is 18.0. The van der Waals surface area contributed by atoms with Crippen LogP contribution in [0.15, 0.2) is 47.4 Å². The van der Waals surface area contributed by atoms with Gasteiger partial charge in [0, 0.05) is 0 Å². The highest BCUT2D eigenvalue weighted by Gasteiger charge is 2.28. The van der Waals surface area contributed by atoms with Crippen LogP contribution in [0.1, 0.15) is 15.9 Å². The maximum Gasteiger partial charge on any atom is 0.339 e. The predicted octanol–water partition coefficient (Wildman–Crippen LogP) is 2.24. The van der Waals surface area contributed by atoms with Gasteiger partial charge in [-0.1, -0.05) is 23.8 Å². The van der Waals surface area contributed by atoms with E-state index in [0.717, 1.165) is 5.56 Å². The molecule has 0 saturated carbocycles. The van der Waals surface area contributed by atoms with Crippen molar-refractivity contribution < 1.29 is 32.0 Å². The zero-order valence-corrected chi connectivity index (χ0v) is 14.2. The monoisotopic (exact) mass is 364 g/mol. The van der Waals surface area contributed by atoms with Crippen molar-refractivity contribution in [2.45, 2.75) is 17.9 Å². The summed E-state index contributed by atoms with van der Waals surface area (Å²) < 4.78 is 40.4. The van der Waals surface area contributed by atoms with E-state index in [1.807, 2.05) is 6.92 Å². The van der Waals surface area contributed by atoms with Crippen LogP contribution in [-0.2, 0) is 14.3 Å². The van der Waals surface area contributed by atoms with E-state index in [4.69, 9.17) is 13.7 Å². The average Bonchev–Trinajstić information content (AvgIpc) is 2.59. The molecule has 0 radical (unpaired) electrons. The van der Waals surface area contributed by atoms with Crippen LogP contribution in [0.3, 0.4) is 0 Å². The number of fused-ring (bicyclic) bond motifs is 1. The van der Waals surface area contributed by atoms with Crippen LogP contribution in [0.25, 0.3) is 0 Å². The van der Waals surface area contributed by atoms with E-state index in [1.54, 1.807) is 24.3 Å². The molecule has 0 fully saturated rings. The first kappa shape index (κ1) is 17.2. The van der Waals surface area contributed by atoms with Crippen molar-refractivity contribution in [1.82, 2.24) is 0 Å². The number of para-hydroxylation sites is 1. The Morgan fingerprint density at radius 1 is 1.24 bits per heavy atom. The SMILES string of the molecule is Cc1ccc(S(=O)(=O)OCC2COc3cccc(C(=O)O)c3O2)cc1. The Balaban J connectivity index is 1.71. The van der Waals surface area contributed by atoms with E-state index in [0.29, 0.717) is 5.75 Å². The predicted molar refractivity (Wildman–Crippen MR) is 87.6 cm³/mol. The normalized spacial score (nSPS) is 16.4. The maximum absolute atomic E-state index is 12.2. The van der Waals surface area contributed by atoms with E-state index in [9.17, 15) is 18.3 Å². The molecule has 0 saturated heterocycles. The molecule has 1 unspecified atom stereocenters. The van der Waals surface area contributed by atoms with Crippen LogP contribution in [0.4, 0.5) is 0 Å². The van der Waals surface area contributed by atoms with Crippen LogP contribution >= 0.6 is 0 Å². The van der Waals surface area contributed by atoms with Gasteiger partial charge >= 0.3 is 5.97 Å². The molecule has 3 rings (SSSR count). The lowest BCUT2D eigenvalue weighted by Gasteiger charge is -2.27. The lowest BCUT2D eigenvalue weighted by molar-refractivity contribution is 0.0504. The second kappa shape index (κ2) is 6.73. The van der Waals surface area contributed by atoms with E-state index in [1.165, 1.54) is 18.2 Å². The van der Waals surface area contributed by atoms with Crippen molar-refractivity contribution in [3.05, 3.63) is 53.6 Å². The van der Waals surface area contributed by atoms with Crippen molar-refractivity contribution in [3.8, 4) is 11.5 Å². The third kappa shape index (κ3) is 3.75. The Morgan fingerprint density at radius 2 is 1.96 bits per heavy atom. The van der Waals surface area contributed by atoms with E-state index >= 15 is 0 Å². The number of hydrogen-bond donors (Lipinski definition) is 1. The van der Waals surface area contributed by atoms with Crippen molar-refractivity contribution in [2.75, 3.05) is 13.2 Å². The van der Waals surface area contributed by atoms with Crippen LogP contribution < -0.4 is 9.47 Å². The highest BCUT2D eigenvalue weighted by atomic mass is 32.2. The summed E-state index contributed by atoms with van der Waals surface area (Å²) >= 11 is 0. The molecule has 0 bridgehead atoms. The van der Waals surface area contributed by atoms with Gasteiger partial charge in [-0.3, -0.25) is 4.18 Å². The number of ether oxygens (including phenoxy) is 2. The summed E-state index contributed by atoms with van der Waals surface area (Å²) in [5, 5.41) is 9.19. The number of carbonyl (C=O) groups is 1. The molecule has 132 valence electrons. The third-order valence-corrected chi connectivity index (χ3v) is 4.93. The molecule has 25 heavy (non-hydrogen) atoms. The number of benzene rings is 2. The molecule has 1 N–H and O–H groups in total. The van der Waals surface area contributed by atoms with E-state index < -0.39 is 22.2 Å². The topological polar surface area (TPSA) is 99.1 Å². The Morgan fingerprint density at radius 3 is 2.64 bits per heavy atom. The van der Waals surface area contributed by atoms with Crippen LogP contribution in [-0.4, -0.2) is 38.8 Å². The summed E-state index contributed by atoms with van der Waals surface area (Å²) in [6.45, 7) is 1.62. The molecule has 2 aromatic carbocycles. The first-order valence-electron chi connectivity index (χ1n) is 7.49. The van der Waals surface area contributed by atoms with Gasteiger partial charge in [0.1, 0.15) is 18.8 Å². The molecule has 1 aliphatic rings. The molecule has 1 aliphatic heterocycles. The van der Waals surface area contributed by atoms with Gasteiger partial charge in [0.25, 0.3) is 10.1 Å². The zero-order valence-electron chi connectivity index (χ0n) is 13.3. The first-order chi connectivity index (χ1) is 11.9.